The fourth-order valence-electron chi connectivity index (χ4n) is 3.48. The van der Waals surface area contributed by atoms with Crippen molar-refractivity contribution >= 4 is 28.8 Å². The third kappa shape index (κ3) is 2.84. The van der Waals surface area contributed by atoms with Crippen molar-refractivity contribution in [1.29, 1.82) is 0 Å². The molecule has 8 heteroatoms. The van der Waals surface area contributed by atoms with Crippen LogP contribution in [0.4, 0.5) is 11.6 Å². The van der Waals surface area contributed by atoms with Gasteiger partial charge in [0.25, 0.3) is 0 Å². The number of aromatic carboxylic acids is 1. The zero-order chi connectivity index (χ0) is 19.1. The van der Waals surface area contributed by atoms with E-state index in [1.807, 2.05) is 6.07 Å². The van der Waals surface area contributed by atoms with Crippen LogP contribution >= 0.6 is 0 Å². The highest BCUT2D eigenvalue weighted by Gasteiger charge is 2.15. The first-order valence-corrected chi connectivity index (χ1v) is 8.98. The molecule has 0 spiro atoms. The number of aryl methyl sites for hydroxylation is 2. The van der Waals surface area contributed by atoms with E-state index >= 15 is 0 Å². The van der Waals surface area contributed by atoms with Crippen LogP contribution in [-0.4, -0.2) is 36.0 Å². The van der Waals surface area contributed by atoms with Crippen LogP contribution in [0.3, 0.4) is 0 Å². The first-order chi connectivity index (χ1) is 13.7. The second-order valence-corrected chi connectivity index (χ2v) is 6.72. The molecule has 8 nitrogen and oxygen atoms in total. The molecule has 0 radical (unpaired) electrons. The van der Waals surface area contributed by atoms with Crippen molar-refractivity contribution in [2.75, 3.05) is 5.32 Å². The van der Waals surface area contributed by atoms with E-state index in [-0.39, 0.29) is 5.56 Å². The van der Waals surface area contributed by atoms with E-state index in [1.165, 1.54) is 29.7 Å². The van der Waals surface area contributed by atoms with Gasteiger partial charge in [-0.2, -0.15) is 9.67 Å². The number of benzene rings is 2. The molecule has 5 rings (SSSR count). The predicted octanol–water partition coefficient (Wildman–Crippen LogP) is 3.14. The second-order valence-electron chi connectivity index (χ2n) is 6.72. The van der Waals surface area contributed by atoms with Crippen molar-refractivity contribution in [3.63, 3.8) is 0 Å². The lowest BCUT2D eigenvalue weighted by molar-refractivity contribution is 0.0697. The Morgan fingerprint density at radius 3 is 2.71 bits per heavy atom. The molecular weight excluding hydrogens is 356 g/mol. The molecule has 28 heavy (non-hydrogen) atoms. The zero-order valence-electron chi connectivity index (χ0n) is 14.8. The number of fused-ring (bicyclic) bond motifs is 2. The topological polar surface area (TPSA) is 106 Å². The van der Waals surface area contributed by atoms with Crippen LogP contribution in [0.2, 0.25) is 0 Å². The summed E-state index contributed by atoms with van der Waals surface area (Å²) in [5.41, 5.74) is 5.81. The number of nitrogens with zero attached hydrogens (tertiary/aromatic N) is 5. The van der Waals surface area contributed by atoms with E-state index in [1.54, 1.807) is 23.0 Å². The number of aromatic nitrogens is 5. The Balaban J connectivity index is 1.49. The van der Waals surface area contributed by atoms with Gasteiger partial charge in [0.15, 0.2) is 11.2 Å². The van der Waals surface area contributed by atoms with Gasteiger partial charge in [-0.3, -0.25) is 0 Å². The molecule has 0 saturated heterocycles. The quantitative estimate of drug-likeness (QED) is 0.567. The molecular formula is C20H16N6O2. The molecule has 1 aliphatic rings. The van der Waals surface area contributed by atoms with Gasteiger partial charge in [-0.05, 0) is 66.8 Å². The van der Waals surface area contributed by atoms with E-state index in [2.05, 4.69) is 37.7 Å². The number of hydrogen-bond acceptors (Lipinski definition) is 6. The van der Waals surface area contributed by atoms with Gasteiger partial charge in [-0.15, -0.1) is 5.10 Å². The van der Waals surface area contributed by atoms with E-state index < -0.39 is 5.97 Å². The highest BCUT2D eigenvalue weighted by molar-refractivity contribution is 5.88. The van der Waals surface area contributed by atoms with Gasteiger partial charge in [-0.1, -0.05) is 11.3 Å². The van der Waals surface area contributed by atoms with Crippen molar-refractivity contribution in [2.24, 2.45) is 0 Å². The van der Waals surface area contributed by atoms with E-state index in [0.29, 0.717) is 22.8 Å². The van der Waals surface area contributed by atoms with Crippen LogP contribution in [0.25, 0.3) is 16.9 Å². The van der Waals surface area contributed by atoms with Crippen LogP contribution in [0, 0.1) is 0 Å². The van der Waals surface area contributed by atoms with Crippen molar-refractivity contribution < 1.29 is 9.90 Å². The third-order valence-corrected chi connectivity index (χ3v) is 4.91. The summed E-state index contributed by atoms with van der Waals surface area (Å²) in [5.74, 6) is -0.575. The highest BCUT2D eigenvalue weighted by atomic mass is 16.4. The van der Waals surface area contributed by atoms with Crippen LogP contribution in [0.5, 0.6) is 0 Å². The fourth-order valence-corrected chi connectivity index (χ4v) is 3.48. The summed E-state index contributed by atoms with van der Waals surface area (Å²) >= 11 is 0. The Hall–Kier alpha value is -3.81. The third-order valence-electron chi connectivity index (χ3n) is 4.91. The molecule has 4 aromatic rings. The van der Waals surface area contributed by atoms with Gasteiger partial charge >= 0.3 is 5.97 Å². The molecule has 2 aromatic heterocycles. The Morgan fingerprint density at radius 1 is 1.07 bits per heavy atom. The molecule has 0 bridgehead atoms. The summed E-state index contributed by atoms with van der Waals surface area (Å²) in [5, 5.41) is 20.5. The maximum atomic E-state index is 11.0. The lowest BCUT2D eigenvalue weighted by atomic mass is 10.1. The number of carboxylic acids is 1. The maximum Gasteiger partial charge on any atom is 0.335 e. The summed E-state index contributed by atoms with van der Waals surface area (Å²) in [7, 11) is 0. The molecule has 0 unspecified atom stereocenters. The number of carboxylic acid groups (broad SMARTS) is 1. The van der Waals surface area contributed by atoms with Gasteiger partial charge in [0, 0.05) is 5.69 Å². The summed E-state index contributed by atoms with van der Waals surface area (Å²) in [6.45, 7) is 0. The molecule has 2 heterocycles. The first kappa shape index (κ1) is 16.4. The average molecular weight is 372 g/mol. The van der Waals surface area contributed by atoms with Gasteiger partial charge < -0.3 is 10.4 Å². The van der Waals surface area contributed by atoms with Gasteiger partial charge in [0.2, 0.25) is 5.95 Å². The lowest BCUT2D eigenvalue weighted by Gasteiger charge is -2.07. The largest absolute Gasteiger partial charge is 0.478 e. The Bertz CT molecular complexity index is 1200. The van der Waals surface area contributed by atoms with Gasteiger partial charge in [-0.25, -0.2) is 9.78 Å². The average Bonchev–Trinajstić information content (AvgIpc) is 3.34. The molecule has 0 saturated carbocycles. The Labute approximate surface area is 159 Å². The molecule has 0 amide bonds. The van der Waals surface area contributed by atoms with Crippen molar-refractivity contribution in [1.82, 2.24) is 25.0 Å². The summed E-state index contributed by atoms with van der Waals surface area (Å²) in [4.78, 5) is 19.8. The maximum absolute atomic E-state index is 11.0. The molecule has 2 N–H and O–H groups in total. The fraction of sp³-hybridized carbons (Fsp3) is 0.150. The number of rotatable bonds is 4. The van der Waals surface area contributed by atoms with Crippen molar-refractivity contribution in [3.05, 3.63) is 65.4 Å². The van der Waals surface area contributed by atoms with Gasteiger partial charge in [0.05, 0.1) is 17.4 Å². The molecule has 2 aromatic carbocycles. The van der Waals surface area contributed by atoms with Crippen molar-refractivity contribution in [2.45, 2.75) is 19.3 Å². The minimum atomic E-state index is -0.964. The van der Waals surface area contributed by atoms with E-state index in [9.17, 15) is 4.79 Å². The Kier molecular flexibility index (Phi) is 3.75. The number of nitrogens with one attached hydrogen (secondary N) is 1. The second kappa shape index (κ2) is 6.41. The van der Waals surface area contributed by atoms with Crippen LogP contribution in [0.1, 0.15) is 27.9 Å². The van der Waals surface area contributed by atoms with Crippen LogP contribution in [-0.2, 0) is 12.8 Å². The van der Waals surface area contributed by atoms with Crippen molar-refractivity contribution in [3.8, 4) is 5.69 Å². The smallest absolute Gasteiger partial charge is 0.335 e. The number of hydrogen-bond donors (Lipinski definition) is 2. The molecule has 138 valence electrons. The minimum absolute atomic E-state index is 0.223. The van der Waals surface area contributed by atoms with E-state index in [4.69, 9.17) is 5.11 Å². The van der Waals surface area contributed by atoms with Gasteiger partial charge in [0.1, 0.15) is 0 Å². The molecule has 1 aliphatic carbocycles. The van der Waals surface area contributed by atoms with Crippen LogP contribution < -0.4 is 5.32 Å². The summed E-state index contributed by atoms with van der Waals surface area (Å²) < 4.78 is 1.72. The number of anilines is 2. The Morgan fingerprint density at radius 2 is 1.89 bits per heavy atom. The molecule has 0 aliphatic heterocycles. The minimum Gasteiger partial charge on any atom is -0.478 e. The van der Waals surface area contributed by atoms with E-state index in [0.717, 1.165) is 18.5 Å². The number of carbonyl (C=O) groups is 1. The molecule has 0 fully saturated rings. The first-order valence-electron chi connectivity index (χ1n) is 8.98. The molecule has 0 atom stereocenters. The SMILES string of the molecule is O=C(O)c1ccc(Nc2ncc3nnn(-c4ccc5c(c4)CCC5)c3n2)cc1. The summed E-state index contributed by atoms with van der Waals surface area (Å²) in [6.07, 6.45) is 5.02. The normalized spacial score (nSPS) is 12.9. The zero-order valence-corrected chi connectivity index (χ0v) is 14.8. The lowest BCUT2D eigenvalue weighted by Crippen LogP contribution is -2.02. The predicted molar refractivity (Wildman–Crippen MR) is 103 cm³/mol. The monoisotopic (exact) mass is 372 g/mol. The summed E-state index contributed by atoms with van der Waals surface area (Å²) in [6, 6.07) is 12.7. The highest BCUT2D eigenvalue weighted by Crippen LogP contribution is 2.25. The van der Waals surface area contributed by atoms with Crippen LogP contribution in [0.15, 0.2) is 48.7 Å². The standard InChI is InChI=1S/C20H16N6O2/c27-19(28)13-4-7-15(8-5-13)22-20-21-11-17-18(23-20)26(25-24-17)16-9-6-12-2-1-3-14(12)10-16/h4-11H,1-3H2,(H,27,28)(H,21,22,23).